The van der Waals surface area contributed by atoms with Gasteiger partial charge in [-0.05, 0) is 54.7 Å². The first-order valence-corrected chi connectivity index (χ1v) is 7.54. The van der Waals surface area contributed by atoms with Crippen LogP contribution in [-0.4, -0.2) is 20.1 Å². The highest BCUT2D eigenvalue weighted by atomic mass is 16.5. The van der Waals surface area contributed by atoms with Crippen LogP contribution >= 0.6 is 0 Å². The Balaban J connectivity index is 2.31. The maximum absolute atomic E-state index is 10.5. The Kier molecular flexibility index (Phi) is 5.59. The highest BCUT2D eigenvalue weighted by Gasteiger charge is 2.14. The van der Waals surface area contributed by atoms with Crippen LogP contribution in [0.3, 0.4) is 0 Å². The smallest absolute Gasteiger partial charge is 0.207 e. The van der Waals surface area contributed by atoms with E-state index in [9.17, 15) is 4.79 Å². The standard InChI is InChI=1S/C19H23NO2/c1-14-4-5-17(12-15(14)2)19(10-11-20-13-21)16-6-8-18(22-3)9-7-16/h4-9,12-13,19H,10-11H2,1-3H3,(H,20,21). The number of carbonyl (C=O) groups excluding carboxylic acids is 1. The minimum atomic E-state index is 0.262. The summed E-state index contributed by atoms with van der Waals surface area (Å²) in [5, 5.41) is 2.76. The average molecular weight is 297 g/mol. The quantitative estimate of drug-likeness (QED) is 0.626. The van der Waals surface area contributed by atoms with E-state index in [-0.39, 0.29) is 5.92 Å². The first kappa shape index (κ1) is 16.1. The van der Waals surface area contributed by atoms with Crippen molar-refractivity contribution in [1.29, 1.82) is 0 Å². The number of carbonyl (C=O) groups is 1. The van der Waals surface area contributed by atoms with Gasteiger partial charge >= 0.3 is 0 Å². The van der Waals surface area contributed by atoms with Gasteiger partial charge in [0.15, 0.2) is 0 Å². The van der Waals surface area contributed by atoms with Gasteiger partial charge in [-0.3, -0.25) is 4.79 Å². The van der Waals surface area contributed by atoms with Crippen LogP contribution in [0.5, 0.6) is 5.75 Å². The molecule has 0 saturated carbocycles. The maximum Gasteiger partial charge on any atom is 0.207 e. The lowest BCUT2D eigenvalue weighted by Gasteiger charge is -2.19. The number of rotatable bonds is 7. The van der Waals surface area contributed by atoms with Crippen LogP contribution in [0.4, 0.5) is 0 Å². The summed E-state index contributed by atoms with van der Waals surface area (Å²) in [5.41, 5.74) is 5.10. The average Bonchev–Trinajstić information content (AvgIpc) is 2.55. The molecule has 1 amide bonds. The van der Waals surface area contributed by atoms with Crippen LogP contribution in [0, 0.1) is 13.8 Å². The largest absolute Gasteiger partial charge is 0.497 e. The van der Waals surface area contributed by atoms with E-state index >= 15 is 0 Å². The molecule has 0 heterocycles. The van der Waals surface area contributed by atoms with E-state index in [0.29, 0.717) is 6.54 Å². The Labute approximate surface area is 132 Å². The summed E-state index contributed by atoms with van der Waals surface area (Å²) in [6.07, 6.45) is 1.62. The van der Waals surface area contributed by atoms with Crippen molar-refractivity contribution in [1.82, 2.24) is 5.32 Å². The van der Waals surface area contributed by atoms with Crippen molar-refractivity contribution in [3.8, 4) is 5.75 Å². The van der Waals surface area contributed by atoms with Crippen LogP contribution in [0.1, 0.15) is 34.6 Å². The lowest BCUT2D eigenvalue weighted by molar-refractivity contribution is -0.109. The summed E-state index contributed by atoms with van der Waals surface area (Å²) in [4.78, 5) is 10.5. The predicted octanol–water partition coefficient (Wildman–Crippen LogP) is 3.58. The molecule has 2 aromatic rings. The molecule has 2 rings (SSSR count). The topological polar surface area (TPSA) is 38.3 Å². The summed E-state index contributed by atoms with van der Waals surface area (Å²) in [6, 6.07) is 14.7. The van der Waals surface area contributed by atoms with Crippen molar-refractivity contribution in [2.45, 2.75) is 26.2 Å². The van der Waals surface area contributed by atoms with Crippen molar-refractivity contribution in [2.75, 3.05) is 13.7 Å². The van der Waals surface area contributed by atoms with E-state index < -0.39 is 0 Å². The van der Waals surface area contributed by atoms with Gasteiger partial charge in [-0.15, -0.1) is 0 Å². The number of methoxy groups -OCH3 is 1. The second-order valence-corrected chi connectivity index (χ2v) is 5.53. The Bertz CT molecular complexity index is 620. The number of hydrogen-bond acceptors (Lipinski definition) is 2. The molecule has 0 fully saturated rings. The van der Waals surface area contributed by atoms with Crippen molar-refractivity contribution >= 4 is 6.41 Å². The number of ether oxygens (including phenoxy) is 1. The molecule has 0 aromatic heterocycles. The fraction of sp³-hybridized carbons (Fsp3) is 0.316. The third kappa shape index (κ3) is 3.88. The zero-order valence-electron chi connectivity index (χ0n) is 13.4. The second-order valence-electron chi connectivity index (χ2n) is 5.53. The molecule has 0 aliphatic rings. The van der Waals surface area contributed by atoms with Crippen LogP contribution in [0.25, 0.3) is 0 Å². The predicted molar refractivity (Wildman–Crippen MR) is 89.4 cm³/mol. The van der Waals surface area contributed by atoms with E-state index in [1.807, 2.05) is 12.1 Å². The van der Waals surface area contributed by atoms with Gasteiger partial charge in [-0.2, -0.15) is 0 Å². The molecule has 22 heavy (non-hydrogen) atoms. The molecule has 3 nitrogen and oxygen atoms in total. The highest BCUT2D eigenvalue weighted by Crippen LogP contribution is 2.30. The minimum absolute atomic E-state index is 0.262. The SMILES string of the molecule is COc1ccc(C(CCNC=O)c2ccc(C)c(C)c2)cc1. The second kappa shape index (κ2) is 7.64. The molecule has 0 bridgehead atoms. The Hall–Kier alpha value is -2.29. The van der Waals surface area contributed by atoms with E-state index in [1.54, 1.807) is 7.11 Å². The molecular formula is C19H23NO2. The van der Waals surface area contributed by atoms with Crippen LogP contribution in [0.2, 0.25) is 0 Å². The van der Waals surface area contributed by atoms with Gasteiger partial charge in [0.25, 0.3) is 0 Å². The van der Waals surface area contributed by atoms with Gasteiger partial charge < -0.3 is 10.1 Å². The lowest BCUT2D eigenvalue weighted by Crippen LogP contribution is -2.16. The normalized spacial score (nSPS) is 11.8. The van der Waals surface area contributed by atoms with Crippen LogP contribution in [0.15, 0.2) is 42.5 Å². The van der Waals surface area contributed by atoms with E-state index in [2.05, 4.69) is 49.5 Å². The molecule has 0 aliphatic carbocycles. The zero-order chi connectivity index (χ0) is 15.9. The monoisotopic (exact) mass is 297 g/mol. The fourth-order valence-corrected chi connectivity index (χ4v) is 2.63. The molecule has 0 radical (unpaired) electrons. The molecule has 1 N–H and O–H groups in total. The van der Waals surface area contributed by atoms with Gasteiger partial charge in [0, 0.05) is 12.5 Å². The summed E-state index contributed by atoms with van der Waals surface area (Å²) < 4.78 is 5.23. The number of hydrogen-bond donors (Lipinski definition) is 1. The molecule has 116 valence electrons. The van der Waals surface area contributed by atoms with Crippen molar-refractivity contribution in [2.24, 2.45) is 0 Å². The lowest BCUT2D eigenvalue weighted by atomic mass is 9.87. The van der Waals surface area contributed by atoms with Gasteiger partial charge in [0.2, 0.25) is 6.41 Å². The molecule has 2 aromatic carbocycles. The first-order chi connectivity index (χ1) is 10.7. The number of nitrogens with one attached hydrogen (secondary N) is 1. The Morgan fingerprint density at radius 2 is 1.73 bits per heavy atom. The Morgan fingerprint density at radius 1 is 1.05 bits per heavy atom. The van der Waals surface area contributed by atoms with Crippen molar-refractivity contribution < 1.29 is 9.53 Å². The molecule has 3 heteroatoms. The minimum Gasteiger partial charge on any atom is -0.497 e. The van der Waals surface area contributed by atoms with Crippen LogP contribution in [-0.2, 0) is 4.79 Å². The number of benzene rings is 2. The fourth-order valence-electron chi connectivity index (χ4n) is 2.63. The Morgan fingerprint density at radius 3 is 2.32 bits per heavy atom. The van der Waals surface area contributed by atoms with Crippen molar-refractivity contribution in [3.05, 3.63) is 64.7 Å². The first-order valence-electron chi connectivity index (χ1n) is 7.54. The van der Waals surface area contributed by atoms with Gasteiger partial charge in [-0.25, -0.2) is 0 Å². The van der Waals surface area contributed by atoms with Crippen LogP contribution < -0.4 is 10.1 Å². The summed E-state index contributed by atoms with van der Waals surface area (Å²) in [7, 11) is 1.67. The highest BCUT2D eigenvalue weighted by molar-refractivity contribution is 5.46. The third-order valence-electron chi connectivity index (χ3n) is 4.11. The number of aryl methyl sites for hydroxylation is 2. The van der Waals surface area contributed by atoms with E-state index in [1.165, 1.54) is 22.3 Å². The third-order valence-corrected chi connectivity index (χ3v) is 4.11. The summed E-state index contributed by atoms with van der Waals surface area (Å²) in [6.45, 7) is 4.91. The summed E-state index contributed by atoms with van der Waals surface area (Å²) >= 11 is 0. The van der Waals surface area contributed by atoms with Crippen molar-refractivity contribution in [3.63, 3.8) is 0 Å². The zero-order valence-corrected chi connectivity index (χ0v) is 13.4. The van der Waals surface area contributed by atoms with E-state index in [4.69, 9.17) is 4.74 Å². The van der Waals surface area contributed by atoms with E-state index in [0.717, 1.165) is 18.6 Å². The summed E-state index contributed by atoms with van der Waals surface area (Å²) in [5.74, 6) is 1.12. The molecule has 0 aliphatic heterocycles. The van der Waals surface area contributed by atoms with Gasteiger partial charge in [0.1, 0.15) is 5.75 Å². The number of amides is 1. The van der Waals surface area contributed by atoms with Gasteiger partial charge in [-0.1, -0.05) is 30.3 Å². The molecule has 1 atom stereocenters. The molecule has 1 unspecified atom stereocenters. The molecule has 0 saturated heterocycles. The molecule has 0 spiro atoms. The maximum atomic E-state index is 10.5. The molecular weight excluding hydrogens is 274 g/mol. The van der Waals surface area contributed by atoms with Gasteiger partial charge in [0.05, 0.1) is 7.11 Å².